The van der Waals surface area contributed by atoms with E-state index in [2.05, 4.69) is 27.9 Å². The summed E-state index contributed by atoms with van der Waals surface area (Å²) < 4.78 is 4.92. The first-order valence-corrected chi connectivity index (χ1v) is 8.17. The highest BCUT2D eigenvalue weighted by molar-refractivity contribution is 6.12. The molecule has 0 spiro atoms. The van der Waals surface area contributed by atoms with Gasteiger partial charge in [-0.2, -0.15) is 0 Å². The molecule has 0 bridgehead atoms. The van der Waals surface area contributed by atoms with Crippen molar-refractivity contribution in [1.82, 2.24) is 10.5 Å². The summed E-state index contributed by atoms with van der Waals surface area (Å²) in [5, 5.41) is 9.27. The fourth-order valence-corrected chi connectivity index (χ4v) is 2.65. The van der Waals surface area contributed by atoms with E-state index in [-0.39, 0.29) is 11.8 Å². The molecule has 1 aromatic carbocycles. The van der Waals surface area contributed by atoms with Gasteiger partial charge in [-0.3, -0.25) is 9.59 Å². The quantitative estimate of drug-likeness (QED) is 0.604. The lowest BCUT2D eigenvalue weighted by Gasteiger charge is -2.14. The summed E-state index contributed by atoms with van der Waals surface area (Å²) in [6.07, 6.45) is 2.88. The highest BCUT2D eigenvalue weighted by Gasteiger charge is 2.56. The van der Waals surface area contributed by atoms with Gasteiger partial charge < -0.3 is 15.2 Å². The highest BCUT2D eigenvalue weighted by Crippen LogP contribution is 2.46. The van der Waals surface area contributed by atoms with Gasteiger partial charge in [0.2, 0.25) is 11.8 Å². The first-order valence-electron chi connectivity index (χ1n) is 8.17. The van der Waals surface area contributed by atoms with Crippen molar-refractivity contribution in [3.63, 3.8) is 0 Å². The minimum Gasteiger partial charge on any atom is -0.360 e. The molecule has 2 amide bonds. The zero-order chi connectivity index (χ0) is 17.0. The Morgan fingerprint density at radius 3 is 2.58 bits per heavy atom. The molecule has 1 heterocycles. The number of anilines is 1. The molecule has 0 atom stereocenters. The number of benzene rings is 1. The molecule has 0 saturated heterocycles. The average Bonchev–Trinajstić information content (AvgIpc) is 3.31. The Morgan fingerprint density at radius 1 is 1.21 bits per heavy atom. The number of amides is 2. The molecule has 2 aromatic rings. The molecule has 126 valence electrons. The van der Waals surface area contributed by atoms with Gasteiger partial charge in [0.15, 0.2) is 5.82 Å². The van der Waals surface area contributed by atoms with Gasteiger partial charge >= 0.3 is 0 Å². The minimum atomic E-state index is -0.945. The van der Waals surface area contributed by atoms with Gasteiger partial charge in [0, 0.05) is 12.6 Å². The van der Waals surface area contributed by atoms with Gasteiger partial charge in [0.05, 0.1) is 0 Å². The van der Waals surface area contributed by atoms with E-state index in [1.54, 1.807) is 13.0 Å². The van der Waals surface area contributed by atoms with Crippen LogP contribution in [0.25, 0.3) is 0 Å². The lowest BCUT2D eigenvalue weighted by molar-refractivity contribution is -0.134. The molecule has 1 aliphatic carbocycles. The summed E-state index contributed by atoms with van der Waals surface area (Å²) >= 11 is 0. The van der Waals surface area contributed by atoms with Gasteiger partial charge in [0.1, 0.15) is 11.2 Å². The third-order valence-corrected chi connectivity index (χ3v) is 4.26. The van der Waals surface area contributed by atoms with E-state index >= 15 is 0 Å². The first kappa shape index (κ1) is 16.2. The van der Waals surface area contributed by atoms with Crippen LogP contribution in [0.15, 0.2) is 40.9 Å². The number of nitrogens with zero attached hydrogens (tertiary/aromatic N) is 1. The van der Waals surface area contributed by atoms with Crippen molar-refractivity contribution in [2.24, 2.45) is 5.41 Å². The fourth-order valence-electron chi connectivity index (χ4n) is 2.65. The van der Waals surface area contributed by atoms with Crippen molar-refractivity contribution in [3.8, 4) is 0 Å². The maximum atomic E-state index is 12.4. The molecule has 1 fully saturated rings. The molecule has 1 saturated carbocycles. The standard InChI is InChI=1S/C18H21N3O3/c1-13-12-15(21-24-13)20-17(23)18(9-10-18)16(22)19-11-5-8-14-6-3-2-4-7-14/h2-4,6-7,12H,5,8-11H2,1H3,(H,19,22)(H,20,21,23). The number of rotatable bonds is 7. The van der Waals surface area contributed by atoms with E-state index in [1.165, 1.54) is 5.56 Å². The van der Waals surface area contributed by atoms with Crippen molar-refractivity contribution in [2.45, 2.75) is 32.6 Å². The van der Waals surface area contributed by atoms with Gasteiger partial charge in [-0.25, -0.2) is 0 Å². The topological polar surface area (TPSA) is 84.2 Å². The van der Waals surface area contributed by atoms with E-state index in [1.807, 2.05) is 18.2 Å². The number of hydrogen-bond donors (Lipinski definition) is 2. The minimum absolute atomic E-state index is 0.201. The fraction of sp³-hybridized carbons (Fsp3) is 0.389. The van der Waals surface area contributed by atoms with Crippen LogP contribution >= 0.6 is 0 Å². The molecule has 0 aliphatic heterocycles. The number of nitrogens with one attached hydrogen (secondary N) is 2. The van der Waals surface area contributed by atoms with Crippen LogP contribution < -0.4 is 10.6 Å². The van der Waals surface area contributed by atoms with E-state index < -0.39 is 5.41 Å². The third kappa shape index (κ3) is 3.64. The lowest BCUT2D eigenvalue weighted by atomic mass is 10.0. The van der Waals surface area contributed by atoms with Crippen molar-refractivity contribution in [1.29, 1.82) is 0 Å². The van der Waals surface area contributed by atoms with Crippen molar-refractivity contribution in [3.05, 3.63) is 47.7 Å². The summed E-state index contributed by atoms with van der Waals surface area (Å²) in [6, 6.07) is 11.8. The summed E-state index contributed by atoms with van der Waals surface area (Å²) in [5.41, 5.74) is 0.298. The zero-order valence-electron chi connectivity index (χ0n) is 13.7. The molecule has 2 N–H and O–H groups in total. The monoisotopic (exact) mass is 327 g/mol. The summed E-state index contributed by atoms with van der Waals surface area (Å²) in [4.78, 5) is 24.7. The van der Waals surface area contributed by atoms with Crippen molar-refractivity contribution < 1.29 is 14.1 Å². The van der Waals surface area contributed by atoms with Crippen LogP contribution in [-0.4, -0.2) is 23.5 Å². The van der Waals surface area contributed by atoms with Gasteiger partial charge in [0.25, 0.3) is 0 Å². The van der Waals surface area contributed by atoms with E-state index in [0.717, 1.165) is 12.8 Å². The predicted molar refractivity (Wildman–Crippen MR) is 89.3 cm³/mol. The second-order valence-corrected chi connectivity index (χ2v) is 6.20. The Hall–Kier alpha value is -2.63. The maximum absolute atomic E-state index is 12.4. The second kappa shape index (κ2) is 6.86. The Labute approximate surface area is 140 Å². The molecular weight excluding hydrogens is 306 g/mol. The van der Waals surface area contributed by atoms with Crippen LogP contribution in [0.1, 0.15) is 30.6 Å². The maximum Gasteiger partial charge on any atom is 0.241 e. The summed E-state index contributed by atoms with van der Waals surface area (Å²) in [7, 11) is 0. The molecule has 1 aliphatic rings. The smallest absolute Gasteiger partial charge is 0.241 e. The first-order chi connectivity index (χ1) is 11.6. The normalized spacial score (nSPS) is 14.9. The summed E-state index contributed by atoms with van der Waals surface area (Å²) in [6.45, 7) is 2.31. The number of aryl methyl sites for hydroxylation is 2. The van der Waals surface area contributed by atoms with Crippen LogP contribution in [0.4, 0.5) is 5.82 Å². The van der Waals surface area contributed by atoms with Crippen molar-refractivity contribution in [2.75, 3.05) is 11.9 Å². The van der Waals surface area contributed by atoms with Crippen LogP contribution in [-0.2, 0) is 16.0 Å². The number of carbonyl (C=O) groups excluding carboxylic acids is 2. The highest BCUT2D eigenvalue weighted by atomic mass is 16.5. The average molecular weight is 327 g/mol. The summed E-state index contributed by atoms with van der Waals surface area (Å²) in [5.74, 6) is 0.450. The van der Waals surface area contributed by atoms with Gasteiger partial charge in [-0.1, -0.05) is 35.5 Å². The van der Waals surface area contributed by atoms with Crippen LogP contribution in [0.2, 0.25) is 0 Å². The molecule has 6 nitrogen and oxygen atoms in total. The van der Waals surface area contributed by atoms with E-state index in [0.29, 0.717) is 31.0 Å². The van der Waals surface area contributed by atoms with Crippen LogP contribution in [0.3, 0.4) is 0 Å². The molecule has 0 unspecified atom stereocenters. The van der Waals surface area contributed by atoms with Crippen LogP contribution in [0, 0.1) is 12.3 Å². The molecule has 3 rings (SSSR count). The number of aromatic nitrogens is 1. The third-order valence-electron chi connectivity index (χ3n) is 4.26. The Bertz CT molecular complexity index is 720. The van der Waals surface area contributed by atoms with Crippen LogP contribution in [0.5, 0.6) is 0 Å². The molecule has 24 heavy (non-hydrogen) atoms. The number of hydrogen-bond acceptors (Lipinski definition) is 4. The second-order valence-electron chi connectivity index (χ2n) is 6.20. The van der Waals surface area contributed by atoms with E-state index in [4.69, 9.17) is 4.52 Å². The Balaban J connectivity index is 1.46. The predicted octanol–water partition coefficient (Wildman–Crippen LogP) is 2.45. The van der Waals surface area contributed by atoms with Gasteiger partial charge in [-0.05, 0) is 38.2 Å². The molecule has 6 heteroatoms. The van der Waals surface area contributed by atoms with Crippen molar-refractivity contribution >= 4 is 17.6 Å². The largest absolute Gasteiger partial charge is 0.360 e. The Kier molecular flexibility index (Phi) is 4.64. The van der Waals surface area contributed by atoms with E-state index in [9.17, 15) is 9.59 Å². The van der Waals surface area contributed by atoms with Gasteiger partial charge in [-0.15, -0.1) is 0 Å². The number of carbonyl (C=O) groups is 2. The zero-order valence-corrected chi connectivity index (χ0v) is 13.7. The molecule has 0 radical (unpaired) electrons. The SMILES string of the molecule is Cc1cc(NC(=O)C2(C(=O)NCCCc3ccccc3)CC2)no1. The molecule has 1 aromatic heterocycles. The molecular formula is C18H21N3O3. The Morgan fingerprint density at radius 2 is 1.96 bits per heavy atom. The lowest BCUT2D eigenvalue weighted by Crippen LogP contribution is -2.40.